The third-order valence-corrected chi connectivity index (χ3v) is 3.16. The third kappa shape index (κ3) is 6.30. The lowest BCUT2D eigenvalue weighted by Gasteiger charge is -2.07. The molecule has 25 heavy (non-hydrogen) atoms. The summed E-state index contributed by atoms with van der Waals surface area (Å²) in [5.41, 5.74) is 18.7. The molecule has 0 radical (unpaired) electrons. The van der Waals surface area contributed by atoms with Gasteiger partial charge in [0, 0.05) is 11.1 Å². The molecule has 1 aromatic rings. The maximum atomic E-state index is 11.9. The fraction of sp³-hybridized carbons (Fsp3) is 0.176. The minimum atomic E-state index is -0.539. The van der Waals surface area contributed by atoms with Gasteiger partial charge in [0.2, 0.25) is 0 Å². The van der Waals surface area contributed by atoms with Gasteiger partial charge in [-0.25, -0.2) is 0 Å². The van der Waals surface area contributed by atoms with Crippen LogP contribution >= 0.6 is 0 Å². The molecule has 0 bridgehead atoms. The van der Waals surface area contributed by atoms with Crippen LogP contribution in [0.3, 0.4) is 0 Å². The van der Waals surface area contributed by atoms with Gasteiger partial charge < -0.3 is 17.2 Å². The summed E-state index contributed by atoms with van der Waals surface area (Å²) in [6, 6.07) is 5.57. The van der Waals surface area contributed by atoms with Crippen LogP contribution in [0.2, 0.25) is 0 Å². The fourth-order valence-corrected chi connectivity index (χ4v) is 1.97. The second kappa shape index (κ2) is 8.44. The van der Waals surface area contributed by atoms with Crippen molar-refractivity contribution in [2.75, 3.05) is 0 Å². The number of rotatable bonds is 4. The molecule has 0 aliphatic heterocycles. The first kappa shape index (κ1) is 19.6. The van der Waals surface area contributed by atoms with Crippen LogP contribution in [0.1, 0.15) is 30.5 Å². The highest BCUT2D eigenvalue weighted by atomic mass is 16.2. The van der Waals surface area contributed by atoms with Gasteiger partial charge in [-0.15, -0.1) is 0 Å². The Balaban J connectivity index is 3.28. The van der Waals surface area contributed by atoms with E-state index in [0.717, 1.165) is 16.7 Å². The van der Waals surface area contributed by atoms with Crippen LogP contribution in [-0.4, -0.2) is 23.7 Å². The lowest BCUT2D eigenvalue weighted by molar-refractivity contribution is -0.116. The molecule has 8 N–H and O–H groups in total. The predicted octanol–water partition coefficient (Wildman–Crippen LogP) is 0.611. The van der Waals surface area contributed by atoms with E-state index in [-0.39, 0.29) is 5.96 Å². The number of hydrogen-bond acceptors (Lipinski definition) is 3. The van der Waals surface area contributed by atoms with E-state index in [1.807, 2.05) is 25.1 Å². The Bertz CT molecular complexity index is 801. The highest BCUT2D eigenvalue weighted by Crippen LogP contribution is 2.19. The molecule has 0 aliphatic rings. The van der Waals surface area contributed by atoms with Gasteiger partial charge in [0.15, 0.2) is 11.9 Å². The SMILES string of the molecule is C/C(=C\c1cc(C)ccc1/C=C(\C)C(=O)NC(=N)N)C(=O)N=C(N)N. The van der Waals surface area contributed by atoms with Crippen LogP contribution in [-0.2, 0) is 9.59 Å². The number of benzene rings is 1. The number of guanidine groups is 2. The molecule has 0 saturated heterocycles. The van der Waals surface area contributed by atoms with E-state index < -0.39 is 17.8 Å². The van der Waals surface area contributed by atoms with Crippen molar-refractivity contribution >= 4 is 35.9 Å². The summed E-state index contributed by atoms with van der Waals surface area (Å²) in [5.74, 6) is -1.75. The fourth-order valence-electron chi connectivity index (χ4n) is 1.97. The number of nitrogens with two attached hydrogens (primary N) is 3. The summed E-state index contributed by atoms with van der Waals surface area (Å²) in [5, 5.41) is 9.32. The van der Waals surface area contributed by atoms with Crippen molar-refractivity contribution in [1.82, 2.24) is 5.32 Å². The summed E-state index contributed by atoms with van der Waals surface area (Å²) in [6.45, 7) is 5.11. The molecule has 1 rings (SSSR count). The summed E-state index contributed by atoms with van der Waals surface area (Å²) >= 11 is 0. The second-order valence-corrected chi connectivity index (χ2v) is 5.50. The van der Waals surface area contributed by atoms with Gasteiger partial charge in [0.25, 0.3) is 11.8 Å². The lowest BCUT2D eigenvalue weighted by Crippen LogP contribution is -2.36. The van der Waals surface area contributed by atoms with Crippen LogP contribution in [0.15, 0.2) is 34.3 Å². The first-order valence-corrected chi connectivity index (χ1v) is 7.36. The number of carbonyl (C=O) groups is 2. The average Bonchev–Trinajstić information content (AvgIpc) is 2.48. The van der Waals surface area contributed by atoms with Crippen molar-refractivity contribution in [1.29, 1.82) is 5.41 Å². The number of hydrogen-bond donors (Lipinski definition) is 5. The number of aryl methyl sites for hydroxylation is 1. The van der Waals surface area contributed by atoms with Crippen LogP contribution in [0, 0.1) is 12.3 Å². The lowest BCUT2D eigenvalue weighted by atomic mass is 10.00. The van der Waals surface area contributed by atoms with Crippen LogP contribution < -0.4 is 22.5 Å². The topological polar surface area (TPSA) is 160 Å². The molecule has 0 fully saturated rings. The molecule has 0 aromatic heterocycles. The standard InChI is InChI=1S/C17H22N6O2/c1-9-4-5-12(7-10(2)14(24)22-16(18)19)13(6-9)8-11(3)15(25)23-17(20)21/h4-8H,1-3H3,(H4,18,19,22,24)(H4,20,21,23,25)/b10-7+,11-8+. The van der Waals surface area contributed by atoms with E-state index in [0.29, 0.717) is 11.1 Å². The molecule has 0 spiro atoms. The Hall–Kier alpha value is -3.42. The van der Waals surface area contributed by atoms with Gasteiger partial charge >= 0.3 is 0 Å². The predicted molar refractivity (Wildman–Crippen MR) is 99.4 cm³/mol. The monoisotopic (exact) mass is 342 g/mol. The molecule has 132 valence electrons. The maximum Gasteiger partial charge on any atom is 0.275 e. The molecular formula is C17H22N6O2. The zero-order chi connectivity index (χ0) is 19.1. The van der Waals surface area contributed by atoms with Crippen molar-refractivity contribution in [3.05, 3.63) is 46.0 Å². The Morgan fingerprint density at radius 1 is 1.08 bits per heavy atom. The van der Waals surface area contributed by atoms with Gasteiger partial charge in [-0.05, 0) is 44.1 Å². The molecule has 0 saturated carbocycles. The van der Waals surface area contributed by atoms with Crippen molar-refractivity contribution in [2.24, 2.45) is 22.2 Å². The number of nitrogens with one attached hydrogen (secondary N) is 2. The van der Waals surface area contributed by atoms with Crippen molar-refractivity contribution in [2.45, 2.75) is 20.8 Å². The molecule has 0 aliphatic carbocycles. The van der Waals surface area contributed by atoms with Crippen molar-refractivity contribution < 1.29 is 9.59 Å². The van der Waals surface area contributed by atoms with Gasteiger partial charge in [-0.1, -0.05) is 23.8 Å². The molecular weight excluding hydrogens is 320 g/mol. The van der Waals surface area contributed by atoms with Gasteiger partial charge in [0.1, 0.15) is 0 Å². The first-order chi connectivity index (χ1) is 11.6. The van der Waals surface area contributed by atoms with Gasteiger partial charge in [0.05, 0.1) is 0 Å². The number of aliphatic imine (C=N–C) groups is 1. The highest BCUT2D eigenvalue weighted by Gasteiger charge is 2.08. The van der Waals surface area contributed by atoms with Gasteiger partial charge in [-0.3, -0.25) is 20.3 Å². The van der Waals surface area contributed by atoms with Crippen LogP contribution in [0.4, 0.5) is 0 Å². The zero-order valence-corrected chi connectivity index (χ0v) is 14.4. The summed E-state index contributed by atoms with van der Waals surface area (Å²) in [7, 11) is 0. The summed E-state index contributed by atoms with van der Waals surface area (Å²) < 4.78 is 0. The number of amides is 2. The van der Waals surface area contributed by atoms with E-state index in [4.69, 9.17) is 22.6 Å². The molecule has 0 atom stereocenters. The van der Waals surface area contributed by atoms with E-state index in [9.17, 15) is 9.59 Å². The largest absolute Gasteiger partial charge is 0.370 e. The Labute approximate surface area is 146 Å². The molecule has 0 unspecified atom stereocenters. The summed E-state index contributed by atoms with van der Waals surface area (Å²) in [4.78, 5) is 27.2. The second-order valence-electron chi connectivity index (χ2n) is 5.50. The summed E-state index contributed by atoms with van der Waals surface area (Å²) in [6.07, 6.45) is 3.28. The van der Waals surface area contributed by atoms with E-state index in [2.05, 4.69) is 10.3 Å². The third-order valence-electron chi connectivity index (χ3n) is 3.16. The van der Waals surface area contributed by atoms with E-state index in [1.54, 1.807) is 26.0 Å². The molecule has 1 aromatic carbocycles. The molecule has 2 amide bonds. The maximum absolute atomic E-state index is 11.9. The van der Waals surface area contributed by atoms with Crippen molar-refractivity contribution in [3.63, 3.8) is 0 Å². The number of nitrogens with zero attached hydrogens (tertiary/aromatic N) is 1. The minimum Gasteiger partial charge on any atom is -0.370 e. The quantitative estimate of drug-likeness (QED) is 0.307. The van der Waals surface area contributed by atoms with Gasteiger partial charge in [-0.2, -0.15) is 4.99 Å². The van der Waals surface area contributed by atoms with E-state index in [1.165, 1.54) is 0 Å². The molecule has 8 nitrogen and oxygen atoms in total. The Kier molecular flexibility index (Phi) is 6.62. The number of carbonyl (C=O) groups excluding carboxylic acids is 2. The minimum absolute atomic E-state index is 0.307. The molecule has 8 heteroatoms. The molecule has 0 heterocycles. The van der Waals surface area contributed by atoms with Crippen molar-refractivity contribution in [3.8, 4) is 0 Å². The normalized spacial score (nSPS) is 11.6. The average molecular weight is 342 g/mol. The van der Waals surface area contributed by atoms with Crippen LogP contribution in [0.25, 0.3) is 12.2 Å². The first-order valence-electron chi connectivity index (χ1n) is 7.36. The smallest absolute Gasteiger partial charge is 0.275 e. The Morgan fingerprint density at radius 3 is 2.24 bits per heavy atom. The highest BCUT2D eigenvalue weighted by molar-refractivity contribution is 6.07. The van der Waals surface area contributed by atoms with E-state index >= 15 is 0 Å². The Morgan fingerprint density at radius 2 is 1.68 bits per heavy atom. The zero-order valence-electron chi connectivity index (χ0n) is 14.4. The van der Waals surface area contributed by atoms with Crippen LogP contribution in [0.5, 0.6) is 0 Å².